The maximum Gasteiger partial charge on any atom is 0.252 e. The van der Waals surface area contributed by atoms with Crippen molar-refractivity contribution in [3.63, 3.8) is 0 Å². The van der Waals surface area contributed by atoms with Gasteiger partial charge in [0.05, 0.1) is 6.61 Å². The van der Waals surface area contributed by atoms with Crippen molar-refractivity contribution in [2.75, 3.05) is 6.61 Å². The minimum Gasteiger partial charge on any atom is -0.394 e. The van der Waals surface area contributed by atoms with Crippen LogP contribution in [-0.2, 0) is 4.74 Å². The highest BCUT2D eigenvalue weighted by atomic mass is 16.6. The van der Waals surface area contributed by atoms with Crippen molar-refractivity contribution < 1.29 is 24.9 Å². The lowest BCUT2D eigenvalue weighted by atomic mass is 10.1. The van der Waals surface area contributed by atoms with E-state index in [4.69, 9.17) is 9.84 Å². The van der Waals surface area contributed by atoms with Gasteiger partial charge in [0.2, 0.25) is 0 Å². The van der Waals surface area contributed by atoms with Gasteiger partial charge < -0.3 is 20.1 Å². The first-order valence-electron chi connectivity index (χ1n) is 5.38. The van der Waals surface area contributed by atoms with Crippen LogP contribution in [0.2, 0.25) is 0 Å². The van der Waals surface area contributed by atoms with Crippen molar-refractivity contribution in [3.05, 3.63) is 34.2 Å². The Morgan fingerprint density at radius 3 is 2.61 bits per heavy atom. The van der Waals surface area contributed by atoms with Crippen LogP contribution in [0.5, 0.6) is 0 Å². The van der Waals surface area contributed by atoms with Crippen LogP contribution in [0.1, 0.15) is 16.6 Å². The summed E-state index contributed by atoms with van der Waals surface area (Å²) in [7, 11) is 0. The topological polar surface area (TPSA) is 109 Å². The van der Waals surface area contributed by atoms with Gasteiger partial charge in [-0.25, -0.2) is 0 Å². The Hall–Kier alpha value is -1.54. The summed E-state index contributed by atoms with van der Waals surface area (Å²) in [6, 6.07) is 2.51. The third-order valence-electron chi connectivity index (χ3n) is 2.89. The Morgan fingerprint density at radius 2 is 2.06 bits per heavy atom. The number of aromatic nitrogens is 1. The number of rotatable bonds is 3. The van der Waals surface area contributed by atoms with Gasteiger partial charge in [0, 0.05) is 17.8 Å². The summed E-state index contributed by atoms with van der Waals surface area (Å²) in [4.78, 5) is 22.3. The van der Waals surface area contributed by atoms with E-state index in [0.29, 0.717) is 6.29 Å². The van der Waals surface area contributed by atoms with Crippen LogP contribution >= 0.6 is 0 Å². The lowest BCUT2D eigenvalue weighted by molar-refractivity contribution is -0.0544. The molecule has 0 bridgehead atoms. The Balaban J connectivity index is 2.37. The number of aldehydes is 1. The highest BCUT2D eigenvalue weighted by Crippen LogP contribution is 2.28. The van der Waals surface area contributed by atoms with Crippen molar-refractivity contribution >= 4 is 6.29 Å². The van der Waals surface area contributed by atoms with Crippen LogP contribution in [0, 0.1) is 0 Å². The van der Waals surface area contributed by atoms with E-state index in [1.807, 2.05) is 0 Å². The van der Waals surface area contributed by atoms with Gasteiger partial charge in [0.25, 0.3) is 5.56 Å². The van der Waals surface area contributed by atoms with Crippen LogP contribution in [0.3, 0.4) is 0 Å². The van der Waals surface area contributed by atoms with Crippen molar-refractivity contribution in [1.29, 1.82) is 0 Å². The predicted octanol–water partition coefficient (Wildman–Crippen LogP) is -1.73. The minimum atomic E-state index is -1.35. The van der Waals surface area contributed by atoms with Crippen molar-refractivity contribution in [3.8, 4) is 0 Å². The lowest BCUT2D eigenvalue weighted by Crippen LogP contribution is -2.35. The molecule has 98 valence electrons. The summed E-state index contributed by atoms with van der Waals surface area (Å²) in [6.07, 6.45) is -2.93. The molecule has 4 atom stereocenters. The standard InChI is InChI=1S/C11H13NO6/c13-4-6-1-2-8(15)12(3-6)11-10(17)9(16)7(5-14)18-11/h1-4,7,9-11,14,16-17H,5H2/t7-,9-,10-,11?/m1/s1. The molecule has 7 heteroatoms. The molecule has 1 saturated heterocycles. The quantitative estimate of drug-likeness (QED) is 0.554. The third-order valence-corrected chi connectivity index (χ3v) is 2.89. The van der Waals surface area contributed by atoms with Gasteiger partial charge in [-0.1, -0.05) is 0 Å². The average Bonchev–Trinajstić information content (AvgIpc) is 2.67. The molecule has 0 aromatic carbocycles. The number of pyridine rings is 1. The van der Waals surface area contributed by atoms with Crippen molar-refractivity contribution in [1.82, 2.24) is 4.57 Å². The number of hydrogen-bond donors (Lipinski definition) is 3. The molecule has 2 heterocycles. The summed E-state index contributed by atoms with van der Waals surface area (Å²) >= 11 is 0. The molecular weight excluding hydrogens is 242 g/mol. The number of aliphatic hydroxyl groups is 3. The zero-order valence-electron chi connectivity index (χ0n) is 9.34. The Labute approximate surface area is 102 Å². The molecule has 18 heavy (non-hydrogen) atoms. The molecule has 3 N–H and O–H groups in total. The fourth-order valence-corrected chi connectivity index (χ4v) is 1.90. The van der Waals surface area contributed by atoms with Gasteiger partial charge in [-0.2, -0.15) is 0 Å². The first-order chi connectivity index (χ1) is 8.58. The van der Waals surface area contributed by atoms with Crippen molar-refractivity contribution in [2.45, 2.75) is 24.5 Å². The van der Waals surface area contributed by atoms with E-state index in [2.05, 4.69) is 0 Å². The van der Waals surface area contributed by atoms with E-state index in [9.17, 15) is 19.8 Å². The van der Waals surface area contributed by atoms with Gasteiger partial charge in [-0.15, -0.1) is 0 Å². The Morgan fingerprint density at radius 1 is 1.33 bits per heavy atom. The molecule has 1 aromatic rings. The van der Waals surface area contributed by atoms with E-state index in [1.54, 1.807) is 0 Å². The highest BCUT2D eigenvalue weighted by molar-refractivity contribution is 5.73. The maximum atomic E-state index is 11.6. The second-order valence-corrected chi connectivity index (χ2v) is 4.05. The summed E-state index contributed by atoms with van der Waals surface area (Å²) in [5, 5.41) is 28.3. The average molecular weight is 255 g/mol. The molecule has 1 aliphatic rings. The number of hydrogen-bond acceptors (Lipinski definition) is 6. The van der Waals surface area contributed by atoms with Crippen LogP contribution in [0.4, 0.5) is 0 Å². The normalized spacial score (nSPS) is 31.5. The van der Waals surface area contributed by atoms with Gasteiger partial charge in [0.15, 0.2) is 12.5 Å². The summed E-state index contributed by atoms with van der Waals surface area (Å²) < 4.78 is 6.22. The summed E-state index contributed by atoms with van der Waals surface area (Å²) in [5.74, 6) is 0. The maximum absolute atomic E-state index is 11.6. The number of carbonyl (C=O) groups excluding carboxylic acids is 1. The summed E-state index contributed by atoms with van der Waals surface area (Å²) in [5.41, 5.74) is -0.234. The second-order valence-electron chi connectivity index (χ2n) is 4.05. The molecule has 0 radical (unpaired) electrons. The predicted molar refractivity (Wildman–Crippen MR) is 59.1 cm³/mol. The molecule has 1 unspecified atom stereocenters. The van der Waals surface area contributed by atoms with Crippen LogP contribution < -0.4 is 5.56 Å². The molecule has 7 nitrogen and oxygen atoms in total. The molecule has 2 rings (SSSR count). The van der Waals surface area contributed by atoms with Crippen LogP contribution in [0.15, 0.2) is 23.1 Å². The minimum absolute atomic E-state index is 0.243. The molecule has 0 spiro atoms. The van der Waals surface area contributed by atoms with E-state index in [1.165, 1.54) is 18.3 Å². The van der Waals surface area contributed by atoms with Gasteiger partial charge in [-0.3, -0.25) is 14.2 Å². The van der Waals surface area contributed by atoms with E-state index in [-0.39, 0.29) is 5.56 Å². The molecule has 0 aliphatic carbocycles. The Bertz CT molecular complexity index is 499. The fourth-order valence-electron chi connectivity index (χ4n) is 1.90. The van der Waals surface area contributed by atoms with Crippen LogP contribution in [0.25, 0.3) is 0 Å². The zero-order chi connectivity index (χ0) is 13.3. The smallest absolute Gasteiger partial charge is 0.252 e. The number of aliphatic hydroxyl groups excluding tert-OH is 3. The van der Waals surface area contributed by atoms with E-state index >= 15 is 0 Å². The van der Waals surface area contributed by atoms with Gasteiger partial charge in [-0.05, 0) is 6.07 Å². The molecule has 1 aromatic heterocycles. The first-order valence-corrected chi connectivity index (χ1v) is 5.38. The molecule has 1 aliphatic heterocycles. The lowest BCUT2D eigenvalue weighted by Gasteiger charge is -2.17. The molecule has 0 amide bonds. The van der Waals surface area contributed by atoms with Gasteiger partial charge in [0.1, 0.15) is 18.3 Å². The SMILES string of the molecule is O=Cc1ccc(=O)n(C2O[C@H](CO)[C@@H](O)[C@H]2O)c1. The largest absolute Gasteiger partial charge is 0.394 e. The van der Waals surface area contributed by atoms with Crippen molar-refractivity contribution in [2.24, 2.45) is 0 Å². The fraction of sp³-hybridized carbons (Fsp3) is 0.455. The first kappa shape index (κ1) is 12.9. The second kappa shape index (κ2) is 4.99. The highest BCUT2D eigenvalue weighted by Gasteiger charge is 2.43. The monoisotopic (exact) mass is 255 g/mol. The summed E-state index contributed by atoms with van der Waals surface area (Å²) in [6.45, 7) is -0.475. The van der Waals surface area contributed by atoms with Gasteiger partial charge >= 0.3 is 0 Å². The van der Waals surface area contributed by atoms with E-state index in [0.717, 1.165) is 4.57 Å². The zero-order valence-corrected chi connectivity index (χ0v) is 9.34. The molecule has 1 fully saturated rings. The molecule has 0 saturated carbocycles. The molecular formula is C11H13NO6. The number of carbonyl (C=O) groups is 1. The Kier molecular flexibility index (Phi) is 3.58. The number of nitrogens with zero attached hydrogens (tertiary/aromatic N) is 1. The number of ether oxygens (including phenoxy) is 1. The third kappa shape index (κ3) is 2.08. The van der Waals surface area contributed by atoms with Crippen LogP contribution in [-0.4, -0.2) is 51.1 Å². The van der Waals surface area contributed by atoms with E-state index < -0.39 is 36.7 Å².